The van der Waals surface area contributed by atoms with Gasteiger partial charge >= 0.3 is 5.97 Å². The summed E-state index contributed by atoms with van der Waals surface area (Å²) >= 11 is 0. The van der Waals surface area contributed by atoms with Crippen molar-refractivity contribution in [3.05, 3.63) is 118 Å². The lowest BCUT2D eigenvalue weighted by atomic mass is 9.72. The predicted molar refractivity (Wildman–Crippen MR) is 190 cm³/mol. The zero-order valence-electron chi connectivity index (χ0n) is 28.5. The van der Waals surface area contributed by atoms with E-state index in [-0.39, 0.29) is 47.9 Å². The molecule has 1 aliphatic rings. The molecule has 0 heterocycles. The van der Waals surface area contributed by atoms with Gasteiger partial charge in [-0.2, -0.15) is 0 Å². The van der Waals surface area contributed by atoms with Crippen LogP contribution in [-0.4, -0.2) is 34.6 Å². The second kappa shape index (κ2) is 16.8. The van der Waals surface area contributed by atoms with Gasteiger partial charge in [0.15, 0.2) is 0 Å². The van der Waals surface area contributed by atoms with E-state index in [1.54, 1.807) is 12.1 Å². The van der Waals surface area contributed by atoms with E-state index in [4.69, 9.17) is 14.2 Å². The first-order valence-electron chi connectivity index (χ1n) is 16.8. The number of nitrogens with one attached hydrogen (secondary N) is 2. The highest BCUT2D eigenvalue weighted by molar-refractivity contribution is 5.91. The van der Waals surface area contributed by atoms with Crippen LogP contribution in [0.15, 0.2) is 91.0 Å². The molecule has 0 aromatic heterocycles. The van der Waals surface area contributed by atoms with Gasteiger partial charge in [-0.15, -0.1) is 0 Å². The smallest absolute Gasteiger partial charge is 0.339 e. The van der Waals surface area contributed by atoms with Crippen LogP contribution in [0.3, 0.4) is 0 Å². The standard InChI is InChI=1S/C39H43N3O8/c1-25(2)38-26(3)8-7-11-35(38)48-24-37(43)41-22-27-12-14-29(15-13-27)40-23-28-20-30(42(46)47)16-19-34(28)50-36-21-32(17-18-33(36)39(44)45)49-31-9-5-4-6-10-31/h4-6,9-10,12-21,25-26,35,38,40H,7-8,11,22-24H2,1-3H3,(H,41,43)(H,44,45). The number of benzene rings is 4. The van der Waals surface area contributed by atoms with Crippen LogP contribution in [0, 0.1) is 27.9 Å². The molecule has 50 heavy (non-hydrogen) atoms. The van der Waals surface area contributed by atoms with E-state index in [0.29, 0.717) is 41.4 Å². The first-order chi connectivity index (χ1) is 24.1. The van der Waals surface area contributed by atoms with Crippen LogP contribution in [0.25, 0.3) is 0 Å². The number of amides is 1. The summed E-state index contributed by atoms with van der Waals surface area (Å²) in [5, 5.41) is 27.6. The molecule has 0 bridgehead atoms. The Hall–Kier alpha value is -5.42. The Bertz CT molecular complexity index is 1780. The number of carboxylic acids is 1. The predicted octanol–water partition coefficient (Wildman–Crippen LogP) is 8.58. The highest BCUT2D eigenvalue weighted by atomic mass is 16.6. The summed E-state index contributed by atoms with van der Waals surface area (Å²) in [5.41, 5.74) is 1.83. The largest absolute Gasteiger partial charge is 0.478 e. The summed E-state index contributed by atoms with van der Waals surface area (Å²) in [6, 6.07) is 25.0. The number of hydrogen-bond acceptors (Lipinski definition) is 8. The number of ether oxygens (including phenoxy) is 3. The fraction of sp³-hybridized carbons (Fsp3) is 0.333. The highest BCUT2D eigenvalue weighted by Crippen LogP contribution is 2.37. The zero-order valence-corrected chi connectivity index (χ0v) is 28.5. The molecule has 11 heteroatoms. The van der Waals surface area contributed by atoms with Gasteiger partial charge in [0.05, 0.1) is 11.0 Å². The van der Waals surface area contributed by atoms with Gasteiger partial charge in [0.2, 0.25) is 5.91 Å². The van der Waals surface area contributed by atoms with E-state index in [0.717, 1.165) is 24.1 Å². The molecule has 1 amide bonds. The van der Waals surface area contributed by atoms with E-state index >= 15 is 0 Å². The van der Waals surface area contributed by atoms with Crippen LogP contribution in [0.5, 0.6) is 23.0 Å². The van der Waals surface area contributed by atoms with Crippen molar-refractivity contribution in [1.82, 2.24) is 5.32 Å². The van der Waals surface area contributed by atoms with E-state index < -0.39 is 10.9 Å². The number of non-ortho nitro benzene ring substituents is 1. The minimum absolute atomic E-state index is 0.0193. The molecular formula is C39H43N3O8. The highest BCUT2D eigenvalue weighted by Gasteiger charge is 2.33. The Labute approximate surface area is 291 Å². The molecule has 3 N–H and O–H groups in total. The fourth-order valence-corrected chi connectivity index (χ4v) is 6.53. The number of nitro groups is 1. The number of carbonyl (C=O) groups is 2. The Kier molecular flexibility index (Phi) is 12.1. The lowest BCUT2D eigenvalue weighted by Crippen LogP contribution is -2.39. The number of hydrogen-bond donors (Lipinski definition) is 3. The number of rotatable bonds is 15. The first-order valence-corrected chi connectivity index (χ1v) is 16.8. The third-order valence-corrected chi connectivity index (χ3v) is 9.00. The maximum Gasteiger partial charge on any atom is 0.339 e. The van der Waals surface area contributed by atoms with Crippen molar-refractivity contribution in [1.29, 1.82) is 0 Å². The average molecular weight is 682 g/mol. The Morgan fingerprint density at radius 2 is 1.66 bits per heavy atom. The van der Waals surface area contributed by atoms with Gasteiger partial charge in [-0.25, -0.2) is 4.79 Å². The summed E-state index contributed by atoms with van der Waals surface area (Å²) in [4.78, 5) is 35.7. The van der Waals surface area contributed by atoms with Crippen LogP contribution in [0.2, 0.25) is 0 Å². The third kappa shape index (κ3) is 9.60. The van der Waals surface area contributed by atoms with Gasteiger partial charge in [0, 0.05) is 42.5 Å². The normalized spacial score (nSPS) is 17.2. The fourth-order valence-electron chi connectivity index (χ4n) is 6.53. The monoisotopic (exact) mass is 681 g/mol. The van der Waals surface area contributed by atoms with Crippen molar-refractivity contribution in [2.24, 2.45) is 17.8 Å². The van der Waals surface area contributed by atoms with E-state index in [2.05, 4.69) is 31.4 Å². The average Bonchev–Trinajstić information content (AvgIpc) is 3.10. The van der Waals surface area contributed by atoms with Crippen LogP contribution >= 0.6 is 0 Å². The summed E-state index contributed by atoms with van der Waals surface area (Å²) in [5.74, 6) is 1.37. The van der Waals surface area contributed by atoms with Crippen molar-refractivity contribution in [2.75, 3.05) is 11.9 Å². The second-order valence-electron chi connectivity index (χ2n) is 12.9. The maximum atomic E-state index is 12.6. The molecule has 4 aromatic rings. The van der Waals surface area contributed by atoms with Crippen molar-refractivity contribution in [3.8, 4) is 23.0 Å². The van der Waals surface area contributed by atoms with Gasteiger partial charge < -0.3 is 30.0 Å². The Balaban J connectivity index is 1.21. The molecule has 5 rings (SSSR count). The van der Waals surface area contributed by atoms with E-state index in [1.807, 2.05) is 42.5 Å². The number of nitro benzene ring substituents is 1. The van der Waals surface area contributed by atoms with Crippen LogP contribution in [0.4, 0.5) is 11.4 Å². The van der Waals surface area contributed by atoms with Gasteiger partial charge in [-0.05, 0) is 72.2 Å². The molecule has 0 radical (unpaired) electrons. The number of carbonyl (C=O) groups excluding carboxylic acids is 1. The van der Waals surface area contributed by atoms with E-state index in [9.17, 15) is 24.8 Å². The molecule has 0 saturated heterocycles. The molecule has 1 fully saturated rings. The second-order valence-corrected chi connectivity index (χ2v) is 12.9. The van der Waals surface area contributed by atoms with Gasteiger partial charge in [-0.1, -0.05) is 63.9 Å². The molecule has 1 saturated carbocycles. The molecule has 262 valence electrons. The van der Waals surface area contributed by atoms with Gasteiger partial charge in [-0.3, -0.25) is 14.9 Å². The van der Waals surface area contributed by atoms with Gasteiger partial charge in [0.1, 0.15) is 35.2 Å². The van der Waals surface area contributed by atoms with Crippen molar-refractivity contribution >= 4 is 23.3 Å². The molecule has 0 aliphatic heterocycles. The van der Waals surface area contributed by atoms with Crippen LogP contribution in [0.1, 0.15) is 61.5 Å². The molecule has 1 aliphatic carbocycles. The maximum absolute atomic E-state index is 12.6. The summed E-state index contributed by atoms with van der Waals surface area (Å²) in [7, 11) is 0. The molecular weight excluding hydrogens is 638 g/mol. The number of carboxylic acid groups (broad SMARTS) is 1. The topological polar surface area (TPSA) is 149 Å². The molecule has 4 aromatic carbocycles. The number of aromatic carboxylic acids is 1. The summed E-state index contributed by atoms with van der Waals surface area (Å²) in [6.07, 6.45) is 3.41. The quantitative estimate of drug-likeness (QED) is 0.0828. The SMILES string of the molecule is CC(C)C1C(C)CCCC1OCC(=O)NCc1ccc(NCc2cc([N+](=O)[O-])ccc2Oc2cc(Oc3ccccc3)ccc2C(=O)O)cc1. The summed E-state index contributed by atoms with van der Waals surface area (Å²) in [6.45, 7) is 7.24. The summed E-state index contributed by atoms with van der Waals surface area (Å²) < 4.78 is 18.0. The van der Waals surface area contributed by atoms with Crippen LogP contribution < -0.4 is 20.1 Å². The lowest BCUT2D eigenvalue weighted by Gasteiger charge is -2.38. The minimum atomic E-state index is -1.20. The first kappa shape index (κ1) is 35.9. The number of para-hydroxylation sites is 1. The van der Waals surface area contributed by atoms with Crippen LogP contribution in [-0.2, 0) is 22.6 Å². The molecule has 3 atom stereocenters. The lowest BCUT2D eigenvalue weighted by molar-refractivity contribution is -0.384. The Morgan fingerprint density at radius 1 is 0.900 bits per heavy atom. The minimum Gasteiger partial charge on any atom is -0.478 e. The molecule has 11 nitrogen and oxygen atoms in total. The van der Waals surface area contributed by atoms with Gasteiger partial charge in [0.25, 0.3) is 5.69 Å². The zero-order chi connectivity index (χ0) is 35.6. The third-order valence-electron chi connectivity index (χ3n) is 9.00. The van der Waals surface area contributed by atoms with Crippen molar-refractivity contribution in [3.63, 3.8) is 0 Å². The van der Waals surface area contributed by atoms with Crippen molar-refractivity contribution < 1.29 is 33.8 Å². The molecule has 0 spiro atoms. The molecule has 3 unspecified atom stereocenters. The van der Waals surface area contributed by atoms with Crippen molar-refractivity contribution in [2.45, 2.75) is 59.2 Å². The van der Waals surface area contributed by atoms with E-state index in [1.165, 1.54) is 42.8 Å². The Morgan fingerprint density at radius 3 is 2.36 bits per heavy atom. The number of nitrogens with zero attached hydrogens (tertiary/aromatic N) is 1. The number of anilines is 1.